The lowest BCUT2D eigenvalue weighted by molar-refractivity contribution is 0.671. The van der Waals surface area contributed by atoms with E-state index in [4.69, 9.17) is 17.6 Å². The molecule has 3 aromatic heterocycles. The third-order valence-corrected chi connectivity index (χ3v) is 10.1. The van der Waals surface area contributed by atoms with E-state index in [1.807, 2.05) is 42.5 Å². The molecule has 0 amide bonds. The number of furan rings is 1. The SMILES string of the molecule is [2H]C([2H])([2H])c1nc(C([2H])([2H])[2H])c2ccc3c4cccc(-c5nc6ccccc6n5-c5c(C(C)C)cc(-c6ccc(-c7ccccc7)cc6)cc5C(C)C)c4oc3c2n1. The van der Waals surface area contributed by atoms with Gasteiger partial charge in [-0.05, 0) is 95.3 Å². The van der Waals surface area contributed by atoms with Crippen LogP contribution in [-0.4, -0.2) is 19.5 Å². The first-order valence-electron chi connectivity index (χ1n) is 20.7. The molecule has 254 valence electrons. The number of fused-ring (bicyclic) bond motifs is 6. The molecule has 3 heterocycles. The number of hydrogen-bond donors (Lipinski definition) is 0. The van der Waals surface area contributed by atoms with Gasteiger partial charge in [-0.2, -0.15) is 0 Å². The fourth-order valence-corrected chi connectivity index (χ4v) is 7.53. The highest BCUT2D eigenvalue weighted by Gasteiger charge is 2.26. The van der Waals surface area contributed by atoms with Gasteiger partial charge in [0.15, 0.2) is 5.58 Å². The van der Waals surface area contributed by atoms with E-state index < -0.39 is 19.5 Å². The summed E-state index contributed by atoms with van der Waals surface area (Å²) in [7, 11) is 0. The van der Waals surface area contributed by atoms with Crippen molar-refractivity contribution in [3.8, 4) is 39.3 Å². The summed E-state index contributed by atoms with van der Waals surface area (Å²) < 4.78 is 57.7. The van der Waals surface area contributed by atoms with Crippen LogP contribution in [0.5, 0.6) is 0 Å². The van der Waals surface area contributed by atoms with Crippen LogP contribution in [0.15, 0.2) is 126 Å². The average Bonchev–Trinajstić information content (AvgIpc) is 3.79. The molecular weight excluding hydrogens is 637 g/mol. The zero-order valence-electron chi connectivity index (χ0n) is 35.4. The molecule has 0 N–H and O–H groups in total. The third kappa shape index (κ3) is 5.11. The maximum Gasteiger partial charge on any atom is 0.161 e. The fourth-order valence-electron chi connectivity index (χ4n) is 7.53. The van der Waals surface area contributed by atoms with Crippen LogP contribution in [0.3, 0.4) is 0 Å². The van der Waals surface area contributed by atoms with E-state index in [2.05, 4.69) is 109 Å². The molecular formula is C47H40N4O. The number of para-hydroxylation sites is 3. The standard InChI is InChI=1S/C47H40N4O/c1-27(2)39-25-34(33-21-19-32(20-22-33)31-13-8-7-9-14-31)26-40(28(3)4)44(39)51-42-18-11-10-17-41(42)50-47(51)38-16-12-15-36-37-24-23-35-29(5)48-30(6)49-43(35)46(37)52-45(36)38/h7-28H,1-6H3/i5D3,6D3. The van der Waals surface area contributed by atoms with Gasteiger partial charge in [-0.1, -0.05) is 113 Å². The number of aromatic nitrogens is 4. The largest absolute Gasteiger partial charge is 0.453 e. The van der Waals surface area contributed by atoms with Gasteiger partial charge in [0.1, 0.15) is 22.7 Å². The molecule has 0 saturated carbocycles. The van der Waals surface area contributed by atoms with Gasteiger partial charge in [0, 0.05) is 30.1 Å². The van der Waals surface area contributed by atoms with Gasteiger partial charge in [-0.25, -0.2) is 15.0 Å². The lowest BCUT2D eigenvalue weighted by Gasteiger charge is -2.24. The Kier molecular flexibility index (Phi) is 6.11. The van der Waals surface area contributed by atoms with E-state index in [0.29, 0.717) is 16.8 Å². The second-order valence-corrected chi connectivity index (χ2v) is 14.0. The maximum absolute atomic E-state index is 8.19. The van der Waals surface area contributed by atoms with Crippen molar-refractivity contribution in [2.24, 2.45) is 0 Å². The van der Waals surface area contributed by atoms with Crippen LogP contribution < -0.4 is 0 Å². The monoisotopic (exact) mass is 682 g/mol. The highest BCUT2D eigenvalue weighted by Crippen LogP contribution is 2.43. The van der Waals surface area contributed by atoms with E-state index in [-0.39, 0.29) is 34.0 Å². The summed E-state index contributed by atoms with van der Waals surface area (Å²) in [4.78, 5) is 13.7. The maximum atomic E-state index is 8.19. The van der Waals surface area contributed by atoms with E-state index >= 15 is 0 Å². The van der Waals surface area contributed by atoms with Crippen molar-refractivity contribution in [2.75, 3.05) is 0 Å². The molecule has 9 rings (SSSR count). The Balaban J connectivity index is 1.30. The second kappa shape index (κ2) is 12.3. The van der Waals surface area contributed by atoms with Crippen LogP contribution in [0, 0.1) is 13.7 Å². The van der Waals surface area contributed by atoms with Crippen molar-refractivity contribution >= 4 is 43.9 Å². The molecule has 0 aliphatic heterocycles. The van der Waals surface area contributed by atoms with Crippen molar-refractivity contribution in [2.45, 2.75) is 53.2 Å². The Labute approximate surface area is 312 Å². The Morgan fingerprint density at radius 1 is 0.577 bits per heavy atom. The van der Waals surface area contributed by atoms with Gasteiger partial charge in [-0.3, -0.25) is 4.57 Å². The summed E-state index contributed by atoms with van der Waals surface area (Å²) in [5, 5.41) is 1.65. The van der Waals surface area contributed by atoms with Crippen molar-refractivity contribution in [1.29, 1.82) is 0 Å². The molecule has 5 nitrogen and oxygen atoms in total. The van der Waals surface area contributed by atoms with Gasteiger partial charge in [0.05, 0.1) is 22.3 Å². The smallest absolute Gasteiger partial charge is 0.161 e. The minimum atomic E-state index is -2.73. The molecule has 0 aliphatic carbocycles. The molecule has 9 aromatic rings. The summed E-state index contributed by atoms with van der Waals surface area (Å²) in [6, 6.07) is 41.2. The Morgan fingerprint density at radius 2 is 1.23 bits per heavy atom. The van der Waals surface area contributed by atoms with E-state index in [9.17, 15) is 0 Å². The molecule has 0 radical (unpaired) electrons. The quantitative estimate of drug-likeness (QED) is 0.175. The molecule has 52 heavy (non-hydrogen) atoms. The van der Waals surface area contributed by atoms with Crippen molar-refractivity contribution < 1.29 is 12.6 Å². The van der Waals surface area contributed by atoms with Gasteiger partial charge in [0.2, 0.25) is 0 Å². The lowest BCUT2D eigenvalue weighted by Crippen LogP contribution is -2.09. The van der Waals surface area contributed by atoms with Gasteiger partial charge >= 0.3 is 0 Å². The average molecular weight is 683 g/mol. The zero-order valence-corrected chi connectivity index (χ0v) is 29.4. The van der Waals surface area contributed by atoms with Gasteiger partial charge < -0.3 is 4.42 Å². The van der Waals surface area contributed by atoms with Crippen LogP contribution in [0.25, 0.3) is 83.2 Å². The van der Waals surface area contributed by atoms with Crippen LogP contribution in [0.2, 0.25) is 0 Å². The lowest BCUT2D eigenvalue weighted by atomic mass is 9.87. The van der Waals surface area contributed by atoms with Crippen molar-refractivity contribution in [3.05, 3.63) is 144 Å². The highest BCUT2D eigenvalue weighted by molar-refractivity contribution is 6.16. The van der Waals surface area contributed by atoms with Crippen LogP contribution in [0.1, 0.15) is 70.4 Å². The summed E-state index contributed by atoms with van der Waals surface area (Å²) in [5.41, 5.74) is 11.1. The van der Waals surface area contributed by atoms with Crippen molar-refractivity contribution in [1.82, 2.24) is 19.5 Å². The summed E-state index contributed by atoms with van der Waals surface area (Å²) in [6.07, 6.45) is 0. The first-order valence-corrected chi connectivity index (χ1v) is 17.7. The first kappa shape index (κ1) is 25.8. The number of aryl methyl sites for hydroxylation is 2. The zero-order chi connectivity index (χ0) is 40.7. The summed E-state index contributed by atoms with van der Waals surface area (Å²) >= 11 is 0. The molecule has 0 saturated heterocycles. The van der Waals surface area contributed by atoms with Crippen LogP contribution in [0.4, 0.5) is 0 Å². The molecule has 0 bridgehead atoms. The van der Waals surface area contributed by atoms with Gasteiger partial charge in [-0.15, -0.1) is 0 Å². The molecule has 6 aromatic carbocycles. The van der Waals surface area contributed by atoms with Crippen molar-refractivity contribution in [3.63, 3.8) is 0 Å². The number of imidazole rings is 1. The number of rotatable bonds is 6. The minimum absolute atomic E-state index is 0.136. The number of nitrogens with zero attached hydrogens (tertiary/aromatic N) is 4. The van der Waals surface area contributed by atoms with Crippen LogP contribution >= 0.6 is 0 Å². The fraction of sp³-hybridized carbons (Fsp3) is 0.170. The topological polar surface area (TPSA) is 56.7 Å². The number of hydrogen-bond acceptors (Lipinski definition) is 4. The van der Waals surface area contributed by atoms with E-state index in [1.54, 1.807) is 12.1 Å². The van der Waals surface area contributed by atoms with E-state index in [1.165, 1.54) is 22.3 Å². The molecule has 0 aliphatic rings. The minimum Gasteiger partial charge on any atom is -0.453 e. The predicted octanol–water partition coefficient (Wildman–Crippen LogP) is 12.7. The highest BCUT2D eigenvalue weighted by atomic mass is 16.3. The molecule has 0 atom stereocenters. The first-order chi connectivity index (χ1) is 27.7. The van der Waals surface area contributed by atoms with Gasteiger partial charge in [0.25, 0.3) is 0 Å². The Morgan fingerprint density at radius 3 is 1.94 bits per heavy atom. The Hall–Kier alpha value is -6.07. The molecule has 5 heteroatoms. The second-order valence-electron chi connectivity index (χ2n) is 14.0. The van der Waals surface area contributed by atoms with E-state index in [0.717, 1.165) is 38.8 Å². The predicted molar refractivity (Wildman–Crippen MR) is 215 cm³/mol. The number of benzene rings is 6. The third-order valence-electron chi connectivity index (χ3n) is 10.1. The summed E-state index contributed by atoms with van der Waals surface area (Å²) in [5.74, 6) is 0.440. The molecule has 0 fully saturated rings. The molecule has 0 spiro atoms. The summed E-state index contributed by atoms with van der Waals surface area (Å²) in [6.45, 7) is 3.47. The Bertz CT molecular complexity index is 3000. The normalized spacial score (nSPS) is 14.2. The molecule has 0 unspecified atom stereocenters. The van der Waals surface area contributed by atoms with Crippen LogP contribution in [-0.2, 0) is 0 Å².